The Hall–Kier alpha value is -1.46. The minimum Gasteiger partial charge on any atom is -0.272 e. The van der Waals surface area contributed by atoms with Crippen molar-refractivity contribution in [2.24, 2.45) is 5.10 Å². The van der Waals surface area contributed by atoms with Crippen LogP contribution in [0.2, 0.25) is 0 Å². The van der Waals surface area contributed by atoms with Gasteiger partial charge >= 0.3 is 0 Å². The molecule has 3 nitrogen and oxygen atoms in total. The van der Waals surface area contributed by atoms with Crippen LogP contribution in [0.3, 0.4) is 0 Å². The van der Waals surface area contributed by atoms with Gasteiger partial charge in [-0.3, -0.25) is 4.79 Å². The van der Waals surface area contributed by atoms with E-state index < -0.39 is 0 Å². The third kappa shape index (κ3) is 3.27. The number of benzene rings is 1. The Morgan fingerprint density at radius 1 is 1.44 bits per heavy atom. The molecule has 1 aromatic rings. The zero-order chi connectivity index (χ0) is 13.0. The van der Waals surface area contributed by atoms with Crippen molar-refractivity contribution in [3.05, 3.63) is 41.5 Å². The van der Waals surface area contributed by atoms with Gasteiger partial charge in [0, 0.05) is 0 Å². The number of carbonyl (C=O) groups is 1. The van der Waals surface area contributed by atoms with Gasteiger partial charge in [0.1, 0.15) is 0 Å². The van der Waals surface area contributed by atoms with Crippen LogP contribution in [-0.4, -0.2) is 27.2 Å². The molecule has 1 aromatic carbocycles. The molecule has 5 heteroatoms. The van der Waals surface area contributed by atoms with Crippen molar-refractivity contribution in [1.29, 1.82) is 0 Å². The Kier molecular flexibility index (Phi) is 4.28. The SMILES string of the molecule is CC(C=NN1C(=O)CSC1=S)=Cc1ccccc1. The molecule has 1 aliphatic heterocycles. The lowest BCUT2D eigenvalue weighted by Gasteiger charge is -2.06. The van der Waals surface area contributed by atoms with E-state index in [-0.39, 0.29) is 5.91 Å². The Labute approximate surface area is 116 Å². The van der Waals surface area contributed by atoms with Gasteiger partial charge in [0.05, 0.1) is 12.0 Å². The topological polar surface area (TPSA) is 32.7 Å². The monoisotopic (exact) mass is 276 g/mol. The number of hydrogen-bond acceptors (Lipinski definition) is 4. The third-order valence-electron chi connectivity index (χ3n) is 2.30. The minimum absolute atomic E-state index is 0.0613. The van der Waals surface area contributed by atoms with Crippen LogP contribution in [0, 0.1) is 0 Å². The average molecular weight is 276 g/mol. The van der Waals surface area contributed by atoms with Crippen LogP contribution >= 0.6 is 24.0 Å². The highest BCUT2D eigenvalue weighted by Gasteiger charge is 2.25. The van der Waals surface area contributed by atoms with Crippen molar-refractivity contribution in [2.75, 3.05) is 5.75 Å². The molecule has 0 aromatic heterocycles. The molecular weight excluding hydrogens is 264 g/mol. The van der Waals surface area contributed by atoms with Crippen molar-refractivity contribution in [3.63, 3.8) is 0 Å². The summed E-state index contributed by atoms with van der Waals surface area (Å²) in [4.78, 5) is 11.4. The van der Waals surface area contributed by atoms with Crippen molar-refractivity contribution in [1.82, 2.24) is 5.01 Å². The summed E-state index contributed by atoms with van der Waals surface area (Å²) in [7, 11) is 0. The number of nitrogens with zero attached hydrogens (tertiary/aromatic N) is 2. The van der Waals surface area contributed by atoms with Gasteiger partial charge in [0.15, 0.2) is 4.32 Å². The molecule has 0 N–H and O–H groups in total. The first kappa shape index (κ1) is 13.0. The number of hydrazone groups is 1. The summed E-state index contributed by atoms with van der Waals surface area (Å²) in [6.07, 6.45) is 3.66. The Balaban J connectivity index is 2.07. The summed E-state index contributed by atoms with van der Waals surface area (Å²) < 4.78 is 0.517. The second-order valence-electron chi connectivity index (χ2n) is 3.80. The lowest BCUT2D eigenvalue weighted by atomic mass is 10.1. The molecule has 1 saturated heterocycles. The van der Waals surface area contributed by atoms with Crippen LogP contribution in [0.25, 0.3) is 6.08 Å². The highest BCUT2D eigenvalue weighted by molar-refractivity contribution is 8.23. The molecule has 0 saturated carbocycles. The van der Waals surface area contributed by atoms with Gasteiger partial charge in [-0.05, 0) is 18.1 Å². The Morgan fingerprint density at radius 3 is 2.78 bits per heavy atom. The van der Waals surface area contributed by atoms with E-state index in [2.05, 4.69) is 5.10 Å². The molecule has 1 amide bonds. The fraction of sp³-hybridized carbons (Fsp3) is 0.154. The molecular formula is C13H12N2OS2. The first-order valence-electron chi connectivity index (χ1n) is 5.44. The first-order valence-corrected chi connectivity index (χ1v) is 6.83. The first-order chi connectivity index (χ1) is 8.66. The molecule has 92 valence electrons. The zero-order valence-electron chi connectivity index (χ0n) is 9.87. The van der Waals surface area contributed by atoms with E-state index >= 15 is 0 Å². The van der Waals surface area contributed by atoms with Gasteiger partial charge in [0.25, 0.3) is 5.91 Å². The highest BCUT2D eigenvalue weighted by Crippen LogP contribution is 2.19. The number of allylic oxidation sites excluding steroid dienone is 1. The summed E-state index contributed by atoms with van der Waals surface area (Å²) in [5.41, 5.74) is 2.07. The number of hydrogen-bond donors (Lipinski definition) is 0. The maximum atomic E-state index is 11.4. The van der Waals surface area contributed by atoms with Crippen LogP contribution < -0.4 is 0 Å². The second kappa shape index (κ2) is 5.93. The number of amides is 1. The molecule has 1 aliphatic rings. The third-order valence-corrected chi connectivity index (χ3v) is 3.64. The van der Waals surface area contributed by atoms with Gasteiger partial charge in [-0.15, -0.1) is 0 Å². The highest BCUT2D eigenvalue weighted by atomic mass is 32.2. The van der Waals surface area contributed by atoms with Crippen LogP contribution in [0.4, 0.5) is 0 Å². The van der Waals surface area contributed by atoms with Crippen molar-refractivity contribution < 1.29 is 4.79 Å². The molecule has 1 heterocycles. The summed E-state index contributed by atoms with van der Waals surface area (Å²) in [6.45, 7) is 1.94. The minimum atomic E-state index is -0.0613. The van der Waals surface area contributed by atoms with E-state index in [1.807, 2.05) is 43.3 Å². The predicted molar refractivity (Wildman–Crippen MR) is 80.5 cm³/mol. The lowest BCUT2D eigenvalue weighted by Crippen LogP contribution is -2.22. The normalized spacial score (nSPS) is 16.9. The van der Waals surface area contributed by atoms with Gasteiger partial charge in [-0.2, -0.15) is 10.1 Å². The standard InChI is InChI=1S/C13H12N2OS2/c1-10(7-11-5-3-2-4-6-11)8-14-15-12(16)9-18-13(15)17/h2-8H,9H2,1H3. The maximum Gasteiger partial charge on any atom is 0.259 e. The molecule has 0 spiro atoms. The van der Waals surface area contributed by atoms with E-state index in [1.54, 1.807) is 6.21 Å². The van der Waals surface area contributed by atoms with E-state index in [1.165, 1.54) is 16.8 Å². The van der Waals surface area contributed by atoms with Crippen LogP contribution in [0.15, 0.2) is 41.0 Å². The van der Waals surface area contributed by atoms with Crippen LogP contribution in [0.5, 0.6) is 0 Å². The molecule has 18 heavy (non-hydrogen) atoms. The quantitative estimate of drug-likeness (QED) is 0.628. The average Bonchev–Trinajstić information content (AvgIpc) is 2.68. The van der Waals surface area contributed by atoms with E-state index in [0.29, 0.717) is 10.1 Å². The maximum absolute atomic E-state index is 11.4. The van der Waals surface area contributed by atoms with E-state index in [4.69, 9.17) is 12.2 Å². The summed E-state index contributed by atoms with van der Waals surface area (Å²) in [6, 6.07) is 9.95. The molecule has 0 radical (unpaired) electrons. The van der Waals surface area contributed by atoms with E-state index in [0.717, 1.165) is 11.1 Å². The molecule has 0 atom stereocenters. The lowest BCUT2D eigenvalue weighted by molar-refractivity contribution is -0.123. The molecule has 0 aliphatic carbocycles. The molecule has 0 bridgehead atoms. The van der Waals surface area contributed by atoms with Crippen LogP contribution in [-0.2, 0) is 4.79 Å². The van der Waals surface area contributed by atoms with Gasteiger partial charge in [-0.25, -0.2) is 0 Å². The van der Waals surface area contributed by atoms with Crippen molar-refractivity contribution in [3.8, 4) is 0 Å². The summed E-state index contributed by atoms with van der Waals surface area (Å²) in [5.74, 6) is 0.325. The van der Waals surface area contributed by atoms with Gasteiger partial charge in [0.2, 0.25) is 0 Å². The largest absolute Gasteiger partial charge is 0.272 e. The Bertz CT molecular complexity index is 507. The second-order valence-corrected chi connectivity index (χ2v) is 5.41. The van der Waals surface area contributed by atoms with E-state index in [9.17, 15) is 4.79 Å². The predicted octanol–water partition coefficient (Wildman–Crippen LogP) is 2.94. The van der Waals surface area contributed by atoms with Crippen LogP contribution in [0.1, 0.15) is 12.5 Å². The molecule has 1 fully saturated rings. The molecule has 2 rings (SSSR count). The fourth-order valence-corrected chi connectivity index (χ4v) is 2.42. The van der Waals surface area contributed by atoms with Gasteiger partial charge < -0.3 is 0 Å². The number of thioether (sulfide) groups is 1. The number of carbonyl (C=O) groups excluding carboxylic acids is 1. The molecule has 0 unspecified atom stereocenters. The zero-order valence-corrected chi connectivity index (χ0v) is 11.5. The van der Waals surface area contributed by atoms with Crippen molar-refractivity contribution in [2.45, 2.75) is 6.92 Å². The Morgan fingerprint density at radius 2 is 2.17 bits per heavy atom. The van der Waals surface area contributed by atoms with Crippen molar-refractivity contribution >= 4 is 46.5 Å². The summed E-state index contributed by atoms with van der Waals surface area (Å²) in [5, 5.41) is 5.39. The summed E-state index contributed by atoms with van der Waals surface area (Å²) >= 11 is 6.38. The fourth-order valence-electron chi connectivity index (χ4n) is 1.46. The number of thiocarbonyl (C=S) groups is 1. The number of rotatable bonds is 3. The van der Waals surface area contributed by atoms with Gasteiger partial charge in [-0.1, -0.05) is 60.4 Å². The smallest absolute Gasteiger partial charge is 0.259 e.